The Hall–Kier alpha value is -1.29. The minimum absolute atomic E-state index is 0.0909. The van der Waals surface area contributed by atoms with Gasteiger partial charge in [0.2, 0.25) is 0 Å². The van der Waals surface area contributed by atoms with E-state index in [1.807, 2.05) is 0 Å². The van der Waals surface area contributed by atoms with Gasteiger partial charge in [-0.3, -0.25) is 14.4 Å². The first-order chi connectivity index (χ1) is 11.8. The molecule has 1 aromatic heterocycles. The first kappa shape index (κ1) is 17.1. The van der Waals surface area contributed by atoms with Crippen molar-refractivity contribution in [2.24, 2.45) is 12.5 Å². The van der Waals surface area contributed by atoms with Crippen LogP contribution in [0.2, 0.25) is 0 Å². The Labute approximate surface area is 147 Å². The highest BCUT2D eigenvalue weighted by atomic mass is 32.2. The molecule has 0 N–H and O–H groups in total. The molecule has 0 atom stereocenters. The van der Waals surface area contributed by atoms with Gasteiger partial charge in [0.25, 0.3) is 10.0 Å². The standard InChI is InChI=1S/C16H24N4O4S/c1-12(21)14-7-15(18(2)17-14)25(22,23)20-10-16(11-20)8-19(9-16)13-3-5-24-6-4-13/h7,13H,3-6,8-11H2,1-2H3. The second-order valence-corrected chi connectivity index (χ2v) is 9.45. The Morgan fingerprint density at radius 2 is 1.88 bits per heavy atom. The summed E-state index contributed by atoms with van der Waals surface area (Å²) in [7, 11) is -2.03. The van der Waals surface area contributed by atoms with Crippen molar-refractivity contribution in [2.45, 2.75) is 30.8 Å². The van der Waals surface area contributed by atoms with E-state index in [1.165, 1.54) is 22.0 Å². The summed E-state index contributed by atoms with van der Waals surface area (Å²) in [5, 5.41) is 4.09. The topological polar surface area (TPSA) is 84.7 Å². The lowest BCUT2D eigenvalue weighted by Gasteiger charge is -2.61. The summed E-state index contributed by atoms with van der Waals surface area (Å²) in [5.74, 6) is -0.233. The molecule has 138 valence electrons. The molecule has 3 fully saturated rings. The van der Waals surface area contributed by atoms with Crippen LogP contribution in [0.1, 0.15) is 30.3 Å². The summed E-state index contributed by atoms with van der Waals surface area (Å²) >= 11 is 0. The second-order valence-electron chi connectivity index (χ2n) is 7.57. The van der Waals surface area contributed by atoms with Crippen molar-refractivity contribution in [3.8, 4) is 0 Å². The smallest absolute Gasteiger partial charge is 0.260 e. The predicted molar refractivity (Wildman–Crippen MR) is 89.8 cm³/mol. The van der Waals surface area contributed by atoms with Gasteiger partial charge in [0.05, 0.1) is 0 Å². The summed E-state index contributed by atoms with van der Waals surface area (Å²) in [6.07, 6.45) is 2.14. The first-order valence-electron chi connectivity index (χ1n) is 8.68. The third-order valence-electron chi connectivity index (χ3n) is 5.61. The normalized spacial score (nSPS) is 24.9. The van der Waals surface area contributed by atoms with Gasteiger partial charge in [-0.2, -0.15) is 9.40 Å². The molecule has 0 radical (unpaired) electrons. The van der Waals surface area contributed by atoms with Crippen molar-refractivity contribution in [3.05, 3.63) is 11.8 Å². The zero-order valence-electron chi connectivity index (χ0n) is 14.6. The fourth-order valence-electron chi connectivity index (χ4n) is 4.19. The van der Waals surface area contributed by atoms with Crippen LogP contribution in [0.25, 0.3) is 0 Å². The summed E-state index contributed by atoms with van der Waals surface area (Å²) in [4.78, 5) is 13.9. The maximum absolute atomic E-state index is 12.8. The highest BCUT2D eigenvalue weighted by Gasteiger charge is 2.56. The van der Waals surface area contributed by atoms with Crippen LogP contribution in [-0.2, 0) is 21.8 Å². The average molecular weight is 368 g/mol. The van der Waals surface area contributed by atoms with Crippen LogP contribution in [0.5, 0.6) is 0 Å². The van der Waals surface area contributed by atoms with Gasteiger partial charge in [0, 0.05) is 70.9 Å². The number of carbonyl (C=O) groups excluding carboxylic acids is 1. The number of Topliss-reactive ketones (excluding diaryl/α,β-unsaturated/α-hetero) is 1. The molecule has 1 aromatic rings. The maximum Gasteiger partial charge on any atom is 0.260 e. The first-order valence-corrected chi connectivity index (χ1v) is 10.1. The van der Waals surface area contributed by atoms with Crippen molar-refractivity contribution in [1.29, 1.82) is 0 Å². The molecule has 3 saturated heterocycles. The summed E-state index contributed by atoms with van der Waals surface area (Å²) < 4.78 is 33.8. The van der Waals surface area contributed by atoms with Crippen LogP contribution in [0.4, 0.5) is 0 Å². The van der Waals surface area contributed by atoms with Crippen molar-refractivity contribution in [1.82, 2.24) is 19.0 Å². The fourth-order valence-corrected chi connectivity index (χ4v) is 5.98. The molecule has 0 aliphatic carbocycles. The number of aryl methyl sites for hydroxylation is 1. The lowest BCUT2D eigenvalue weighted by atomic mass is 9.73. The average Bonchev–Trinajstić information content (AvgIpc) is 2.88. The molecular formula is C16H24N4O4S. The predicted octanol–water partition coefficient (Wildman–Crippen LogP) is 0.108. The van der Waals surface area contributed by atoms with Gasteiger partial charge in [0.15, 0.2) is 10.8 Å². The number of sulfonamides is 1. The number of aromatic nitrogens is 2. The Balaban J connectivity index is 1.39. The van der Waals surface area contributed by atoms with Crippen LogP contribution < -0.4 is 0 Å². The van der Waals surface area contributed by atoms with Crippen LogP contribution in [-0.4, -0.2) is 78.6 Å². The van der Waals surface area contributed by atoms with E-state index in [-0.39, 0.29) is 21.9 Å². The van der Waals surface area contributed by atoms with Crippen LogP contribution in [0.15, 0.2) is 11.1 Å². The van der Waals surface area contributed by atoms with Crippen molar-refractivity contribution in [3.63, 3.8) is 0 Å². The molecular weight excluding hydrogens is 344 g/mol. The number of carbonyl (C=O) groups is 1. The lowest BCUT2D eigenvalue weighted by Crippen LogP contribution is -2.74. The van der Waals surface area contributed by atoms with Crippen molar-refractivity contribution < 1.29 is 17.9 Å². The number of rotatable bonds is 4. The molecule has 0 aromatic carbocycles. The van der Waals surface area contributed by atoms with Crippen LogP contribution in [0.3, 0.4) is 0 Å². The van der Waals surface area contributed by atoms with E-state index in [9.17, 15) is 13.2 Å². The summed E-state index contributed by atoms with van der Waals surface area (Å²) in [6.45, 7) is 6.07. The minimum atomic E-state index is -3.59. The Kier molecular flexibility index (Phi) is 4.02. The molecule has 1 spiro atoms. The number of hydrogen-bond acceptors (Lipinski definition) is 6. The van der Waals surface area contributed by atoms with Gasteiger partial charge in [-0.25, -0.2) is 8.42 Å². The molecule has 25 heavy (non-hydrogen) atoms. The van der Waals surface area contributed by atoms with E-state index in [2.05, 4.69) is 10.00 Å². The fraction of sp³-hybridized carbons (Fsp3) is 0.750. The van der Waals surface area contributed by atoms with Crippen molar-refractivity contribution in [2.75, 3.05) is 39.4 Å². The number of likely N-dealkylation sites (tertiary alicyclic amines) is 1. The van der Waals surface area contributed by atoms with E-state index in [1.54, 1.807) is 7.05 Å². The number of ether oxygens (including phenoxy) is 1. The maximum atomic E-state index is 12.8. The van der Waals surface area contributed by atoms with Gasteiger partial charge in [-0.15, -0.1) is 0 Å². The summed E-state index contributed by atoms with van der Waals surface area (Å²) in [5.41, 5.74) is 0.290. The third kappa shape index (κ3) is 2.83. The van der Waals surface area contributed by atoms with E-state index >= 15 is 0 Å². The van der Waals surface area contributed by atoms with Gasteiger partial charge >= 0.3 is 0 Å². The zero-order chi connectivity index (χ0) is 17.8. The third-order valence-corrected chi connectivity index (χ3v) is 7.46. The van der Waals surface area contributed by atoms with Gasteiger partial charge in [-0.1, -0.05) is 0 Å². The van der Waals surface area contributed by atoms with Gasteiger partial charge in [0.1, 0.15) is 5.69 Å². The second kappa shape index (κ2) is 5.87. The SMILES string of the molecule is CC(=O)c1cc(S(=O)(=O)N2CC3(CN(C4CCOCC4)C3)C2)n(C)n1. The molecule has 9 heteroatoms. The quantitative estimate of drug-likeness (QED) is 0.701. The van der Waals surface area contributed by atoms with Gasteiger partial charge in [-0.05, 0) is 12.8 Å². The Morgan fingerprint density at radius 3 is 2.44 bits per heavy atom. The number of nitrogens with zero attached hydrogens (tertiary/aromatic N) is 4. The van der Waals surface area contributed by atoms with Crippen LogP contribution >= 0.6 is 0 Å². The Morgan fingerprint density at radius 1 is 1.24 bits per heavy atom. The minimum Gasteiger partial charge on any atom is -0.381 e. The van der Waals surface area contributed by atoms with E-state index in [0.29, 0.717) is 19.1 Å². The molecule has 3 aliphatic heterocycles. The zero-order valence-corrected chi connectivity index (χ0v) is 15.5. The van der Waals surface area contributed by atoms with E-state index in [4.69, 9.17) is 4.74 Å². The highest BCUT2D eigenvalue weighted by Crippen LogP contribution is 2.43. The van der Waals surface area contributed by atoms with Crippen LogP contribution in [0, 0.1) is 5.41 Å². The van der Waals surface area contributed by atoms with Crippen molar-refractivity contribution >= 4 is 15.8 Å². The number of ketones is 1. The van der Waals surface area contributed by atoms with E-state index in [0.717, 1.165) is 39.1 Å². The summed E-state index contributed by atoms with van der Waals surface area (Å²) in [6, 6.07) is 1.96. The molecule has 4 rings (SSSR count). The molecule has 0 saturated carbocycles. The monoisotopic (exact) mass is 368 g/mol. The molecule has 0 bridgehead atoms. The molecule has 0 unspecified atom stereocenters. The molecule has 3 aliphatic rings. The molecule has 0 amide bonds. The number of hydrogen-bond donors (Lipinski definition) is 0. The largest absolute Gasteiger partial charge is 0.381 e. The Bertz CT molecular complexity index is 783. The van der Waals surface area contributed by atoms with E-state index < -0.39 is 10.0 Å². The molecule has 8 nitrogen and oxygen atoms in total. The van der Waals surface area contributed by atoms with Gasteiger partial charge < -0.3 is 4.74 Å². The lowest BCUT2D eigenvalue weighted by molar-refractivity contribution is -0.116. The highest BCUT2D eigenvalue weighted by molar-refractivity contribution is 7.89. The molecule has 4 heterocycles.